The third-order valence-corrected chi connectivity index (χ3v) is 2.96. The van der Waals surface area contributed by atoms with Gasteiger partial charge < -0.3 is 15.2 Å². The summed E-state index contributed by atoms with van der Waals surface area (Å²) in [6.45, 7) is 3.69. The van der Waals surface area contributed by atoms with Crippen molar-refractivity contribution in [1.82, 2.24) is 5.32 Å². The van der Waals surface area contributed by atoms with Crippen molar-refractivity contribution in [1.29, 1.82) is 0 Å². The average Bonchev–Trinajstić information content (AvgIpc) is 2.44. The number of carbonyl (C=O) groups is 1. The molecule has 0 heterocycles. The third kappa shape index (κ3) is 4.42. The number of benzene rings is 1. The first-order chi connectivity index (χ1) is 9.90. The molecule has 0 saturated heterocycles. The second kappa shape index (κ2) is 7.58. The summed E-state index contributed by atoms with van der Waals surface area (Å²) in [5, 5.41) is 23.0. The van der Waals surface area contributed by atoms with Gasteiger partial charge >= 0.3 is 0 Å². The van der Waals surface area contributed by atoms with Crippen LogP contribution in [0.2, 0.25) is 0 Å². The van der Waals surface area contributed by atoms with Crippen LogP contribution in [0.4, 0.5) is 5.69 Å². The summed E-state index contributed by atoms with van der Waals surface area (Å²) >= 11 is 0. The first kappa shape index (κ1) is 16.9. The molecule has 0 bridgehead atoms. The molecule has 7 heteroatoms. The molecular weight excluding hydrogens is 276 g/mol. The number of aliphatic hydroxyl groups excluding tert-OH is 1. The van der Waals surface area contributed by atoms with Crippen LogP contribution in [0.25, 0.3) is 0 Å². The van der Waals surface area contributed by atoms with Gasteiger partial charge in [-0.1, -0.05) is 19.9 Å². The lowest BCUT2D eigenvalue weighted by atomic mass is 10.0. The van der Waals surface area contributed by atoms with Gasteiger partial charge in [-0.15, -0.1) is 0 Å². The normalized spacial score (nSPS) is 12.0. The van der Waals surface area contributed by atoms with Gasteiger partial charge in [0.1, 0.15) is 5.75 Å². The topological polar surface area (TPSA) is 102 Å². The van der Waals surface area contributed by atoms with Gasteiger partial charge in [0.15, 0.2) is 5.56 Å². The number of amides is 1. The summed E-state index contributed by atoms with van der Waals surface area (Å²) in [7, 11) is 1.34. The highest BCUT2D eigenvalue weighted by atomic mass is 16.6. The fourth-order valence-corrected chi connectivity index (χ4v) is 2.08. The van der Waals surface area contributed by atoms with E-state index in [1.54, 1.807) is 0 Å². The standard InChI is InChI=1S/C14H20N2O5/c1-9(2)7-10(8-17)15-14(18)13-11(16(19)20)5-4-6-12(13)21-3/h4-6,9-10,17H,7-8H2,1-3H3,(H,15,18). The zero-order chi connectivity index (χ0) is 16.0. The first-order valence-corrected chi connectivity index (χ1v) is 6.63. The van der Waals surface area contributed by atoms with Gasteiger partial charge in [-0.2, -0.15) is 0 Å². The molecule has 1 rings (SSSR count). The van der Waals surface area contributed by atoms with Gasteiger partial charge in [-0.3, -0.25) is 14.9 Å². The van der Waals surface area contributed by atoms with E-state index in [1.165, 1.54) is 25.3 Å². The smallest absolute Gasteiger partial charge is 0.285 e. The van der Waals surface area contributed by atoms with Crippen molar-refractivity contribution in [3.8, 4) is 5.75 Å². The monoisotopic (exact) mass is 296 g/mol. The molecule has 1 amide bonds. The molecule has 0 aliphatic rings. The minimum absolute atomic E-state index is 0.128. The predicted molar refractivity (Wildman–Crippen MR) is 77.4 cm³/mol. The fourth-order valence-electron chi connectivity index (χ4n) is 2.08. The van der Waals surface area contributed by atoms with E-state index in [0.717, 1.165) is 0 Å². The number of carbonyl (C=O) groups excluding carboxylic acids is 1. The Kier molecular flexibility index (Phi) is 6.10. The SMILES string of the molecule is COc1cccc([N+](=O)[O-])c1C(=O)NC(CO)CC(C)C. The van der Waals surface area contributed by atoms with Crippen molar-refractivity contribution in [3.05, 3.63) is 33.9 Å². The number of nitro benzene ring substituents is 1. The number of ether oxygens (including phenoxy) is 1. The van der Waals surface area contributed by atoms with Crippen molar-refractivity contribution in [2.24, 2.45) is 5.92 Å². The Morgan fingerprint density at radius 3 is 2.62 bits per heavy atom. The largest absolute Gasteiger partial charge is 0.496 e. The maximum atomic E-state index is 12.3. The second-order valence-electron chi connectivity index (χ2n) is 5.09. The van der Waals surface area contributed by atoms with Gasteiger partial charge in [0, 0.05) is 6.07 Å². The third-order valence-electron chi connectivity index (χ3n) is 2.96. The molecule has 21 heavy (non-hydrogen) atoms. The Balaban J connectivity index is 3.08. The van der Waals surface area contributed by atoms with Crippen LogP contribution in [0.15, 0.2) is 18.2 Å². The minimum Gasteiger partial charge on any atom is -0.496 e. The zero-order valence-corrected chi connectivity index (χ0v) is 12.3. The van der Waals surface area contributed by atoms with Crippen LogP contribution >= 0.6 is 0 Å². The molecule has 0 fully saturated rings. The molecule has 0 aromatic heterocycles. The number of rotatable bonds is 7. The molecule has 0 aliphatic heterocycles. The molecule has 1 aromatic carbocycles. The molecule has 1 aromatic rings. The Morgan fingerprint density at radius 1 is 1.48 bits per heavy atom. The van der Waals surface area contributed by atoms with E-state index >= 15 is 0 Å². The van der Waals surface area contributed by atoms with Crippen LogP contribution < -0.4 is 10.1 Å². The van der Waals surface area contributed by atoms with Gasteiger partial charge in [-0.25, -0.2) is 0 Å². The second-order valence-corrected chi connectivity index (χ2v) is 5.09. The van der Waals surface area contributed by atoms with E-state index in [0.29, 0.717) is 6.42 Å². The Hall–Kier alpha value is -2.15. The van der Waals surface area contributed by atoms with Crippen LogP contribution in [-0.2, 0) is 0 Å². The van der Waals surface area contributed by atoms with Crippen LogP contribution in [0.1, 0.15) is 30.6 Å². The zero-order valence-electron chi connectivity index (χ0n) is 12.3. The van der Waals surface area contributed by atoms with E-state index in [1.807, 2.05) is 13.8 Å². The highest BCUT2D eigenvalue weighted by Crippen LogP contribution is 2.28. The minimum atomic E-state index is -0.631. The number of nitro groups is 1. The highest BCUT2D eigenvalue weighted by molar-refractivity contribution is 6.01. The molecular formula is C14H20N2O5. The fraction of sp³-hybridized carbons (Fsp3) is 0.500. The van der Waals surface area contributed by atoms with Crippen LogP contribution in [0.5, 0.6) is 5.75 Å². The van der Waals surface area contributed by atoms with Gasteiger partial charge in [0.05, 0.1) is 24.7 Å². The summed E-state index contributed by atoms with van der Waals surface area (Å²) in [5.41, 5.74) is -0.458. The van der Waals surface area contributed by atoms with Crippen molar-refractivity contribution < 1.29 is 19.6 Å². The van der Waals surface area contributed by atoms with E-state index in [4.69, 9.17) is 4.74 Å². The van der Waals surface area contributed by atoms with Crippen molar-refractivity contribution in [2.75, 3.05) is 13.7 Å². The molecule has 0 radical (unpaired) electrons. The van der Waals surface area contributed by atoms with Crippen LogP contribution in [-0.4, -0.2) is 35.7 Å². The number of methoxy groups -OCH3 is 1. The first-order valence-electron chi connectivity index (χ1n) is 6.63. The van der Waals surface area contributed by atoms with Crippen molar-refractivity contribution in [2.45, 2.75) is 26.3 Å². The lowest BCUT2D eigenvalue weighted by Crippen LogP contribution is -2.38. The van der Waals surface area contributed by atoms with E-state index in [9.17, 15) is 20.0 Å². The number of nitrogens with one attached hydrogen (secondary N) is 1. The summed E-state index contributed by atoms with van der Waals surface area (Å²) in [6.07, 6.45) is 0.575. The van der Waals surface area contributed by atoms with Gasteiger partial charge in [-0.05, 0) is 18.4 Å². The maximum absolute atomic E-state index is 12.3. The lowest BCUT2D eigenvalue weighted by molar-refractivity contribution is -0.385. The van der Waals surface area contributed by atoms with Crippen molar-refractivity contribution in [3.63, 3.8) is 0 Å². The van der Waals surface area contributed by atoms with Gasteiger partial charge in [0.25, 0.3) is 11.6 Å². The summed E-state index contributed by atoms with van der Waals surface area (Å²) < 4.78 is 5.03. The summed E-state index contributed by atoms with van der Waals surface area (Å²) in [6, 6.07) is 3.72. The Morgan fingerprint density at radius 2 is 2.14 bits per heavy atom. The molecule has 0 aliphatic carbocycles. The van der Waals surface area contributed by atoms with Crippen LogP contribution in [0.3, 0.4) is 0 Å². The van der Waals surface area contributed by atoms with Gasteiger partial charge in [0.2, 0.25) is 0 Å². The average molecular weight is 296 g/mol. The van der Waals surface area contributed by atoms with E-state index in [-0.39, 0.29) is 29.5 Å². The molecule has 0 saturated carbocycles. The number of hydrogen-bond donors (Lipinski definition) is 2. The number of nitrogens with zero attached hydrogens (tertiary/aromatic N) is 1. The lowest BCUT2D eigenvalue weighted by Gasteiger charge is -2.19. The summed E-state index contributed by atoms with van der Waals surface area (Å²) in [4.78, 5) is 22.7. The molecule has 0 spiro atoms. The van der Waals surface area contributed by atoms with E-state index in [2.05, 4.69) is 5.32 Å². The molecule has 116 valence electrons. The molecule has 7 nitrogen and oxygen atoms in total. The van der Waals surface area contributed by atoms with Crippen molar-refractivity contribution >= 4 is 11.6 Å². The molecule has 1 unspecified atom stereocenters. The maximum Gasteiger partial charge on any atom is 0.285 e. The Labute approximate surface area is 123 Å². The van der Waals surface area contributed by atoms with E-state index < -0.39 is 16.9 Å². The number of aliphatic hydroxyl groups is 1. The summed E-state index contributed by atoms with van der Waals surface area (Å²) in [5.74, 6) is -0.225. The number of hydrogen-bond acceptors (Lipinski definition) is 5. The highest BCUT2D eigenvalue weighted by Gasteiger charge is 2.26. The quantitative estimate of drug-likeness (QED) is 0.589. The predicted octanol–water partition coefficient (Wildman–Crippen LogP) is 1.74. The Bertz CT molecular complexity index is 516. The van der Waals surface area contributed by atoms with Crippen LogP contribution in [0, 0.1) is 16.0 Å². The molecule has 2 N–H and O–H groups in total. The molecule has 1 atom stereocenters.